The maximum absolute atomic E-state index is 13.8. The molecule has 0 radical (unpaired) electrons. The van der Waals surface area contributed by atoms with Gasteiger partial charge in [0.2, 0.25) is 0 Å². The second kappa shape index (κ2) is 7.34. The summed E-state index contributed by atoms with van der Waals surface area (Å²) in [5.41, 5.74) is 4.69. The van der Waals surface area contributed by atoms with E-state index in [4.69, 9.17) is 4.42 Å². The van der Waals surface area contributed by atoms with Gasteiger partial charge in [-0.3, -0.25) is 14.5 Å². The van der Waals surface area contributed by atoms with E-state index in [9.17, 15) is 9.59 Å². The minimum Gasteiger partial charge on any atom is -0.467 e. The van der Waals surface area contributed by atoms with Crippen LogP contribution in [0, 0.1) is 6.92 Å². The number of hydrogen-bond acceptors (Lipinski definition) is 4. The Bertz CT molecular complexity index is 1140. The number of nitrogens with one attached hydrogen (secondary N) is 1. The molecule has 0 saturated heterocycles. The molecule has 2 heterocycles. The number of carbonyl (C=O) groups excluding carboxylic acids is 2. The van der Waals surface area contributed by atoms with Crippen molar-refractivity contribution in [1.29, 1.82) is 0 Å². The molecule has 2 aliphatic rings. The average molecular weight is 398 g/mol. The summed E-state index contributed by atoms with van der Waals surface area (Å²) in [6, 6.07) is 18.2. The predicted octanol–water partition coefficient (Wildman–Crippen LogP) is 5.41. The van der Waals surface area contributed by atoms with E-state index in [1.807, 2.05) is 61.5 Å². The van der Waals surface area contributed by atoms with Crippen LogP contribution >= 0.6 is 0 Å². The first-order valence-corrected chi connectivity index (χ1v) is 10.2. The highest BCUT2D eigenvalue weighted by Crippen LogP contribution is 2.45. The van der Waals surface area contributed by atoms with E-state index in [-0.39, 0.29) is 11.7 Å². The quantitative estimate of drug-likeness (QED) is 0.627. The maximum Gasteiger partial charge on any atom is 0.259 e. The van der Waals surface area contributed by atoms with E-state index in [0.717, 1.165) is 35.5 Å². The topological polar surface area (TPSA) is 62.6 Å². The molecule has 30 heavy (non-hydrogen) atoms. The first-order chi connectivity index (χ1) is 14.6. The third-order valence-corrected chi connectivity index (χ3v) is 5.77. The number of hydrogen-bond donors (Lipinski definition) is 1. The Morgan fingerprint density at radius 3 is 2.60 bits per heavy atom. The standard InChI is InChI=1S/C25H22N2O3/c1-16-11-13-17(14-12-16)25(29)27-20-8-3-2-6-18(20)26-19-7-4-9-21(28)23(19)24(27)22-10-5-15-30-22/h2-3,5-6,8,10-15,24,26H,4,7,9H2,1H3. The largest absolute Gasteiger partial charge is 0.467 e. The summed E-state index contributed by atoms with van der Waals surface area (Å²) in [5.74, 6) is 0.467. The Morgan fingerprint density at radius 1 is 1.03 bits per heavy atom. The lowest BCUT2D eigenvalue weighted by molar-refractivity contribution is -0.116. The highest BCUT2D eigenvalue weighted by atomic mass is 16.3. The highest BCUT2D eigenvalue weighted by molar-refractivity contribution is 6.11. The van der Waals surface area contributed by atoms with Gasteiger partial charge in [0.1, 0.15) is 11.8 Å². The number of fused-ring (bicyclic) bond motifs is 1. The Kier molecular flexibility index (Phi) is 4.51. The molecule has 5 nitrogen and oxygen atoms in total. The van der Waals surface area contributed by atoms with Crippen LogP contribution in [0.1, 0.15) is 47.0 Å². The van der Waals surface area contributed by atoms with Crippen LogP contribution in [0.2, 0.25) is 0 Å². The summed E-state index contributed by atoms with van der Waals surface area (Å²) in [7, 11) is 0. The Hall–Kier alpha value is -3.60. The fourth-order valence-corrected chi connectivity index (χ4v) is 4.31. The summed E-state index contributed by atoms with van der Waals surface area (Å²) in [4.78, 5) is 28.7. The van der Waals surface area contributed by atoms with E-state index < -0.39 is 6.04 Å². The number of rotatable bonds is 2. The van der Waals surface area contributed by atoms with Crippen molar-refractivity contribution in [2.24, 2.45) is 0 Å². The third kappa shape index (κ3) is 3.03. The molecule has 1 amide bonds. The minimum atomic E-state index is -0.618. The molecule has 1 N–H and O–H groups in total. The van der Waals surface area contributed by atoms with Crippen molar-refractivity contribution in [2.75, 3.05) is 10.2 Å². The summed E-state index contributed by atoms with van der Waals surface area (Å²) < 4.78 is 5.77. The van der Waals surface area contributed by atoms with Gasteiger partial charge in [0.05, 0.1) is 17.6 Å². The number of carbonyl (C=O) groups is 2. The van der Waals surface area contributed by atoms with Crippen molar-refractivity contribution in [3.8, 4) is 0 Å². The molecule has 5 rings (SSSR count). The Labute approximate surface area is 175 Å². The molecule has 150 valence electrons. The number of ketones is 1. The van der Waals surface area contributed by atoms with Crippen molar-refractivity contribution < 1.29 is 14.0 Å². The number of nitrogens with zero attached hydrogens (tertiary/aromatic N) is 1. The third-order valence-electron chi connectivity index (χ3n) is 5.77. The number of para-hydroxylation sites is 2. The zero-order chi connectivity index (χ0) is 20.7. The molecule has 0 bridgehead atoms. The molecule has 0 spiro atoms. The monoisotopic (exact) mass is 398 g/mol. The van der Waals surface area contributed by atoms with E-state index in [1.54, 1.807) is 17.2 Å². The highest BCUT2D eigenvalue weighted by Gasteiger charge is 2.41. The van der Waals surface area contributed by atoms with Crippen LogP contribution in [-0.2, 0) is 4.79 Å². The van der Waals surface area contributed by atoms with Crippen LogP contribution in [0.3, 0.4) is 0 Å². The van der Waals surface area contributed by atoms with Crippen LogP contribution in [0.5, 0.6) is 0 Å². The van der Waals surface area contributed by atoms with Crippen molar-refractivity contribution in [2.45, 2.75) is 32.2 Å². The van der Waals surface area contributed by atoms with Crippen LogP contribution in [0.25, 0.3) is 0 Å². The molecule has 1 aliphatic carbocycles. The molecule has 0 saturated carbocycles. The maximum atomic E-state index is 13.8. The SMILES string of the molecule is Cc1ccc(C(=O)N2c3ccccc3NC3=C(C(=O)CCC3)C2c2ccco2)cc1. The van der Waals surface area contributed by atoms with E-state index in [1.165, 1.54) is 0 Å². The normalized spacial score (nSPS) is 18.4. The smallest absolute Gasteiger partial charge is 0.259 e. The van der Waals surface area contributed by atoms with Gasteiger partial charge in [-0.05, 0) is 56.2 Å². The van der Waals surface area contributed by atoms with Gasteiger partial charge in [-0.15, -0.1) is 0 Å². The van der Waals surface area contributed by atoms with Crippen molar-refractivity contribution >= 4 is 23.1 Å². The number of amides is 1. The lowest BCUT2D eigenvalue weighted by Gasteiger charge is -2.32. The molecule has 0 fully saturated rings. The van der Waals surface area contributed by atoms with E-state index in [2.05, 4.69) is 5.32 Å². The number of aryl methyl sites for hydroxylation is 1. The summed E-state index contributed by atoms with van der Waals surface area (Å²) in [5, 5.41) is 3.45. The average Bonchev–Trinajstić information content (AvgIpc) is 3.23. The van der Waals surface area contributed by atoms with E-state index >= 15 is 0 Å². The zero-order valence-electron chi connectivity index (χ0n) is 16.7. The fourth-order valence-electron chi connectivity index (χ4n) is 4.31. The Morgan fingerprint density at radius 2 is 1.83 bits per heavy atom. The van der Waals surface area contributed by atoms with Gasteiger partial charge in [0, 0.05) is 23.3 Å². The van der Waals surface area contributed by atoms with Crippen LogP contribution < -0.4 is 10.2 Å². The van der Waals surface area contributed by atoms with Gasteiger partial charge in [0.25, 0.3) is 5.91 Å². The first kappa shape index (κ1) is 18.4. The zero-order valence-corrected chi connectivity index (χ0v) is 16.7. The molecule has 3 aromatic rings. The molecule has 1 aromatic heterocycles. The number of Topliss-reactive ketones (excluding diaryl/α,β-unsaturated/α-hetero) is 1. The minimum absolute atomic E-state index is 0.0552. The molecular formula is C25H22N2O3. The molecule has 5 heteroatoms. The molecule has 1 aliphatic heterocycles. The number of allylic oxidation sites excluding steroid dienone is 1. The summed E-state index contributed by atoms with van der Waals surface area (Å²) in [6.07, 6.45) is 3.62. The van der Waals surface area contributed by atoms with Gasteiger partial charge in [-0.1, -0.05) is 29.8 Å². The lowest BCUT2D eigenvalue weighted by atomic mass is 9.88. The molecule has 1 unspecified atom stereocenters. The number of benzene rings is 2. The van der Waals surface area contributed by atoms with Gasteiger partial charge in [0.15, 0.2) is 5.78 Å². The molecular weight excluding hydrogens is 376 g/mol. The van der Waals surface area contributed by atoms with Gasteiger partial charge in [-0.25, -0.2) is 0 Å². The molecule has 2 aromatic carbocycles. The first-order valence-electron chi connectivity index (χ1n) is 10.2. The van der Waals surface area contributed by atoms with E-state index in [0.29, 0.717) is 23.3 Å². The van der Waals surface area contributed by atoms with Crippen molar-refractivity contribution in [3.63, 3.8) is 0 Å². The predicted molar refractivity (Wildman–Crippen MR) is 115 cm³/mol. The van der Waals surface area contributed by atoms with Crippen LogP contribution in [-0.4, -0.2) is 11.7 Å². The van der Waals surface area contributed by atoms with Crippen LogP contribution in [0.4, 0.5) is 11.4 Å². The second-order valence-electron chi connectivity index (χ2n) is 7.77. The van der Waals surface area contributed by atoms with Gasteiger partial charge < -0.3 is 9.73 Å². The second-order valence-corrected chi connectivity index (χ2v) is 7.77. The van der Waals surface area contributed by atoms with Crippen molar-refractivity contribution in [3.05, 3.63) is 95.1 Å². The summed E-state index contributed by atoms with van der Waals surface area (Å²) in [6.45, 7) is 1.99. The number of furan rings is 1. The lowest BCUT2D eigenvalue weighted by Crippen LogP contribution is -2.37. The Balaban J connectivity index is 1.76. The number of anilines is 2. The van der Waals surface area contributed by atoms with Crippen molar-refractivity contribution in [1.82, 2.24) is 0 Å². The fraction of sp³-hybridized carbons (Fsp3) is 0.200. The van der Waals surface area contributed by atoms with Gasteiger partial charge in [-0.2, -0.15) is 0 Å². The molecule has 1 atom stereocenters. The summed E-state index contributed by atoms with van der Waals surface area (Å²) >= 11 is 0. The van der Waals surface area contributed by atoms with Gasteiger partial charge >= 0.3 is 0 Å². The van der Waals surface area contributed by atoms with Crippen LogP contribution in [0.15, 0.2) is 82.6 Å².